The molecule has 0 aliphatic rings. The first-order chi connectivity index (χ1) is 11.1. The molecule has 0 bridgehead atoms. The fraction of sp³-hybridized carbons (Fsp3) is 0.471. The normalized spacial score (nSPS) is 14.7. The van der Waals surface area contributed by atoms with Crippen molar-refractivity contribution in [2.24, 2.45) is 5.92 Å². The molecule has 0 saturated carbocycles. The molecule has 3 atom stereocenters. The van der Waals surface area contributed by atoms with E-state index in [-0.39, 0.29) is 13.2 Å². The summed E-state index contributed by atoms with van der Waals surface area (Å²) in [5.41, 5.74) is 3.26. The van der Waals surface area contributed by atoms with E-state index in [1.165, 1.54) is 7.11 Å². The SMILES string of the molecule is C=CC[C@H](O)[C@H](C(=O)NOC)[C@@H](C)OCOCc1ccccc1. The summed E-state index contributed by atoms with van der Waals surface area (Å²) in [6.07, 6.45) is 0.374. The molecule has 1 aromatic carbocycles. The standard InChI is InChI=1S/C17H25NO5/c1-4-8-15(19)16(17(20)18-21-3)13(2)23-12-22-11-14-9-6-5-7-10-14/h4-7,9-10,13,15-16,19H,1,8,11-12H2,2-3H3,(H,18,20)/t13-,15+,16-/m1/s1. The fourth-order valence-corrected chi connectivity index (χ4v) is 2.18. The third kappa shape index (κ3) is 6.92. The van der Waals surface area contributed by atoms with Crippen molar-refractivity contribution in [1.29, 1.82) is 0 Å². The van der Waals surface area contributed by atoms with Crippen LogP contribution in [0.3, 0.4) is 0 Å². The van der Waals surface area contributed by atoms with Gasteiger partial charge in [0.15, 0.2) is 0 Å². The predicted molar refractivity (Wildman–Crippen MR) is 86.1 cm³/mol. The fourth-order valence-electron chi connectivity index (χ4n) is 2.18. The van der Waals surface area contributed by atoms with Crippen LogP contribution in [0, 0.1) is 5.92 Å². The Labute approximate surface area is 137 Å². The first kappa shape index (κ1) is 19.3. The van der Waals surface area contributed by atoms with E-state index in [1.807, 2.05) is 30.3 Å². The second-order valence-electron chi connectivity index (χ2n) is 5.11. The van der Waals surface area contributed by atoms with Gasteiger partial charge in [0.25, 0.3) is 5.91 Å². The molecular weight excluding hydrogens is 298 g/mol. The lowest BCUT2D eigenvalue weighted by molar-refractivity contribution is -0.156. The minimum Gasteiger partial charge on any atom is -0.392 e. The Bertz CT molecular complexity index is 465. The number of rotatable bonds is 11. The van der Waals surface area contributed by atoms with Crippen molar-refractivity contribution in [3.8, 4) is 0 Å². The first-order valence-electron chi connectivity index (χ1n) is 7.45. The van der Waals surface area contributed by atoms with Gasteiger partial charge in [-0.05, 0) is 18.9 Å². The van der Waals surface area contributed by atoms with Gasteiger partial charge < -0.3 is 14.6 Å². The lowest BCUT2D eigenvalue weighted by Crippen LogP contribution is -2.44. The Balaban J connectivity index is 2.47. The van der Waals surface area contributed by atoms with E-state index in [2.05, 4.69) is 16.9 Å². The summed E-state index contributed by atoms with van der Waals surface area (Å²) in [7, 11) is 1.34. The number of benzene rings is 1. The van der Waals surface area contributed by atoms with E-state index in [0.717, 1.165) is 5.56 Å². The van der Waals surface area contributed by atoms with Gasteiger partial charge in [0.2, 0.25) is 0 Å². The van der Waals surface area contributed by atoms with Crippen LogP contribution in [0.25, 0.3) is 0 Å². The molecule has 0 aliphatic carbocycles. The number of hydrogen-bond donors (Lipinski definition) is 2. The summed E-state index contributed by atoms with van der Waals surface area (Å²) in [4.78, 5) is 16.6. The maximum absolute atomic E-state index is 12.0. The highest BCUT2D eigenvalue weighted by molar-refractivity contribution is 5.78. The van der Waals surface area contributed by atoms with Crippen molar-refractivity contribution in [2.75, 3.05) is 13.9 Å². The van der Waals surface area contributed by atoms with Crippen molar-refractivity contribution in [3.63, 3.8) is 0 Å². The van der Waals surface area contributed by atoms with E-state index in [0.29, 0.717) is 6.61 Å². The molecule has 0 radical (unpaired) electrons. The molecular formula is C17H25NO5. The molecule has 2 N–H and O–H groups in total. The van der Waals surface area contributed by atoms with Gasteiger partial charge >= 0.3 is 0 Å². The topological polar surface area (TPSA) is 77.0 Å². The quantitative estimate of drug-likeness (QED) is 0.281. The Kier molecular flexibility index (Phi) is 9.16. The van der Waals surface area contributed by atoms with E-state index in [9.17, 15) is 9.90 Å². The monoisotopic (exact) mass is 323 g/mol. The van der Waals surface area contributed by atoms with Gasteiger partial charge in [0.1, 0.15) is 6.79 Å². The van der Waals surface area contributed by atoms with Crippen molar-refractivity contribution < 1.29 is 24.2 Å². The van der Waals surface area contributed by atoms with E-state index in [4.69, 9.17) is 9.47 Å². The zero-order valence-corrected chi connectivity index (χ0v) is 13.6. The molecule has 23 heavy (non-hydrogen) atoms. The summed E-state index contributed by atoms with van der Waals surface area (Å²) in [6, 6.07) is 9.69. The van der Waals surface area contributed by atoms with Crippen LogP contribution in [0.1, 0.15) is 18.9 Å². The van der Waals surface area contributed by atoms with Gasteiger partial charge in [-0.2, -0.15) is 0 Å². The summed E-state index contributed by atoms with van der Waals surface area (Å²) in [5, 5.41) is 10.1. The maximum atomic E-state index is 12.0. The van der Waals surface area contributed by atoms with Crippen molar-refractivity contribution in [3.05, 3.63) is 48.6 Å². The molecule has 0 heterocycles. The van der Waals surface area contributed by atoms with Crippen molar-refractivity contribution in [1.82, 2.24) is 5.48 Å². The van der Waals surface area contributed by atoms with E-state index in [1.54, 1.807) is 13.0 Å². The van der Waals surface area contributed by atoms with E-state index >= 15 is 0 Å². The summed E-state index contributed by atoms with van der Waals surface area (Å²) in [6.45, 7) is 5.71. The van der Waals surface area contributed by atoms with Gasteiger partial charge in [-0.15, -0.1) is 6.58 Å². The van der Waals surface area contributed by atoms with Gasteiger partial charge in [-0.1, -0.05) is 36.4 Å². The van der Waals surface area contributed by atoms with Crippen LogP contribution in [-0.4, -0.2) is 37.1 Å². The highest BCUT2D eigenvalue weighted by Gasteiger charge is 2.32. The van der Waals surface area contributed by atoms with Crippen LogP contribution in [0.4, 0.5) is 0 Å². The largest absolute Gasteiger partial charge is 0.392 e. The zero-order valence-electron chi connectivity index (χ0n) is 13.6. The van der Waals surface area contributed by atoms with Gasteiger partial charge in [0, 0.05) is 0 Å². The second-order valence-corrected chi connectivity index (χ2v) is 5.11. The highest BCUT2D eigenvalue weighted by atomic mass is 16.7. The van der Waals surface area contributed by atoms with Crippen LogP contribution < -0.4 is 5.48 Å². The Morgan fingerprint density at radius 1 is 1.39 bits per heavy atom. The number of aliphatic hydroxyl groups is 1. The number of carbonyl (C=O) groups excluding carboxylic acids is 1. The Morgan fingerprint density at radius 2 is 2.09 bits per heavy atom. The molecule has 1 rings (SSSR count). The van der Waals surface area contributed by atoms with Gasteiger partial charge in [-0.3, -0.25) is 9.63 Å². The maximum Gasteiger partial charge on any atom is 0.251 e. The van der Waals surface area contributed by atoms with E-state index < -0.39 is 24.0 Å². The number of hydrogen-bond acceptors (Lipinski definition) is 5. The number of amides is 1. The summed E-state index contributed by atoms with van der Waals surface area (Å²) >= 11 is 0. The third-order valence-corrected chi connectivity index (χ3v) is 3.36. The van der Waals surface area contributed by atoms with Gasteiger partial charge in [0.05, 0.1) is 31.8 Å². The first-order valence-corrected chi connectivity index (χ1v) is 7.45. The Morgan fingerprint density at radius 3 is 2.70 bits per heavy atom. The average molecular weight is 323 g/mol. The summed E-state index contributed by atoms with van der Waals surface area (Å²) in [5.74, 6) is -1.23. The number of ether oxygens (including phenoxy) is 2. The molecule has 128 valence electrons. The van der Waals surface area contributed by atoms with Crippen molar-refractivity contribution in [2.45, 2.75) is 32.2 Å². The molecule has 0 aromatic heterocycles. The second kappa shape index (κ2) is 10.9. The molecule has 0 fully saturated rings. The van der Waals surface area contributed by atoms with Crippen LogP contribution >= 0.6 is 0 Å². The van der Waals surface area contributed by atoms with Crippen LogP contribution in [0.2, 0.25) is 0 Å². The highest BCUT2D eigenvalue weighted by Crippen LogP contribution is 2.17. The van der Waals surface area contributed by atoms with Gasteiger partial charge in [-0.25, -0.2) is 5.48 Å². The van der Waals surface area contributed by atoms with Crippen LogP contribution in [0.15, 0.2) is 43.0 Å². The molecule has 0 unspecified atom stereocenters. The molecule has 6 nitrogen and oxygen atoms in total. The van der Waals surface area contributed by atoms with Crippen LogP contribution in [0.5, 0.6) is 0 Å². The molecule has 0 saturated heterocycles. The molecule has 1 aromatic rings. The molecule has 6 heteroatoms. The Hall–Kier alpha value is -1.73. The minimum absolute atomic E-state index is 0.0215. The number of aliphatic hydroxyl groups excluding tert-OH is 1. The lowest BCUT2D eigenvalue weighted by Gasteiger charge is -2.26. The third-order valence-electron chi connectivity index (χ3n) is 3.36. The number of hydroxylamine groups is 1. The summed E-state index contributed by atoms with van der Waals surface area (Å²) < 4.78 is 11.0. The van der Waals surface area contributed by atoms with Crippen LogP contribution in [-0.2, 0) is 25.7 Å². The molecule has 0 aliphatic heterocycles. The predicted octanol–water partition coefficient (Wildman–Crippen LogP) is 1.80. The average Bonchev–Trinajstić information content (AvgIpc) is 2.53. The molecule has 1 amide bonds. The number of carbonyl (C=O) groups is 1. The lowest BCUT2D eigenvalue weighted by atomic mass is 9.94. The minimum atomic E-state index is -0.910. The smallest absolute Gasteiger partial charge is 0.251 e. The zero-order chi connectivity index (χ0) is 17.1. The van der Waals surface area contributed by atoms with Crippen molar-refractivity contribution >= 4 is 5.91 Å². The number of nitrogens with one attached hydrogen (secondary N) is 1. The molecule has 0 spiro atoms.